The molecule has 0 atom stereocenters. The summed E-state index contributed by atoms with van der Waals surface area (Å²) in [5.74, 6) is 0.138. The molecular weight excluding hydrogens is 434 g/mol. The molecule has 0 unspecified atom stereocenters. The third-order valence-electron chi connectivity index (χ3n) is 5.34. The highest BCUT2D eigenvalue weighted by Crippen LogP contribution is 2.25. The molecule has 0 spiro atoms. The Labute approximate surface area is 186 Å². The SMILES string of the molecule is CCn1c(COC(=O)/C=C/c2cccs2)nc2cc(S(=O)(=O)N3CCCCC3)ccc21. The first kappa shape index (κ1) is 21.7. The third-order valence-corrected chi connectivity index (χ3v) is 8.07. The van der Waals surface area contributed by atoms with Crippen molar-refractivity contribution in [3.63, 3.8) is 0 Å². The Morgan fingerprint density at radius 1 is 1.23 bits per heavy atom. The predicted molar refractivity (Wildman–Crippen MR) is 121 cm³/mol. The highest BCUT2D eigenvalue weighted by Gasteiger charge is 2.26. The molecule has 3 aromatic rings. The van der Waals surface area contributed by atoms with Gasteiger partial charge in [0.25, 0.3) is 0 Å². The number of esters is 1. The number of thiophene rings is 1. The fourth-order valence-corrected chi connectivity index (χ4v) is 5.91. The number of benzene rings is 1. The lowest BCUT2D eigenvalue weighted by Crippen LogP contribution is -2.35. The molecule has 1 aromatic carbocycles. The number of hydrogen-bond acceptors (Lipinski definition) is 6. The molecule has 31 heavy (non-hydrogen) atoms. The molecular formula is C22H25N3O4S2. The van der Waals surface area contributed by atoms with Gasteiger partial charge in [0.2, 0.25) is 10.0 Å². The zero-order chi connectivity index (χ0) is 21.8. The second-order valence-electron chi connectivity index (χ2n) is 7.34. The van der Waals surface area contributed by atoms with E-state index in [-0.39, 0.29) is 11.5 Å². The minimum Gasteiger partial charge on any atom is -0.454 e. The van der Waals surface area contributed by atoms with Crippen LogP contribution in [0, 0.1) is 0 Å². The van der Waals surface area contributed by atoms with E-state index in [2.05, 4.69) is 4.98 Å². The fraction of sp³-hybridized carbons (Fsp3) is 0.364. The molecule has 1 fully saturated rings. The van der Waals surface area contributed by atoms with Crippen molar-refractivity contribution in [2.24, 2.45) is 0 Å². The monoisotopic (exact) mass is 459 g/mol. The number of piperidine rings is 1. The van der Waals surface area contributed by atoms with Gasteiger partial charge in [0.1, 0.15) is 12.4 Å². The number of sulfonamides is 1. The first-order valence-corrected chi connectivity index (χ1v) is 12.7. The van der Waals surface area contributed by atoms with Crippen molar-refractivity contribution in [2.75, 3.05) is 13.1 Å². The van der Waals surface area contributed by atoms with Crippen molar-refractivity contribution >= 4 is 44.4 Å². The normalized spacial score (nSPS) is 15.6. The van der Waals surface area contributed by atoms with Gasteiger partial charge < -0.3 is 9.30 Å². The van der Waals surface area contributed by atoms with Crippen LogP contribution < -0.4 is 0 Å². The summed E-state index contributed by atoms with van der Waals surface area (Å²) < 4.78 is 34.8. The third kappa shape index (κ3) is 4.73. The Morgan fingerprint density at radius 3 is 2.74 bits per heavy atom. The minimum atomic E-state index is -3.53. The van der Waals surface area contributed by atoms with Crippen LogP contribution in [0.5, 0.6) is 0 Å². The Balaban J connectivity index is 1.53. The van der Waals surface area contributed by atoms with E-state index in [1.54, 1.807) is 28.6 Å². The molecule has 0 bridgehead atoms. The van der Waals surface area contributed by atoms with E-state index >= 15 is 0 Å². The highest BCUT2D eigenvalue weighted by atomic mass is 32.2. The van der Waals surface area contributed by atoms with Crippen molar-refractivity contribution in [3.8, 4) is 0 Å². The van der Waals surface area contributed by atoms with E-state index < -0.39 is 16.0 Å². The standard InChI is InChI=1S/C22H25N3O4S2/c1-2-25-20-10-9-18(31(27,28)24-12-4-3-5-13-24)15-19(20)23-21(25)16-29-22(26)11-8-17-7-6-14-30-17/h6-11,14-15H,2-5,12-13,16H2,1H3/b11-8+. The van der Waals surface area contributed by atoms with E-state index in [0.29, 0.717) is 31.0 Å². The lowest BCUT2D eigenvalue weighted by molar-refractivity contribution is -0.139. The van der Waals surface area contributed by atoms with Crippen molar-refractivity contribution in [1.29, 1.82) is 0 Å². The molecule has 1 aliphatic rings. The summed E-state index contributed by atoms with van der Waals surface area (Å²) in [6.45, 7) is 3.74. The molecule has 1 aliphatic heterocycles. The van der Waals surface area contributed by atoms with E-state index in [1.807, 2.05) is 29.0 Å². The van der Waals surface area contributed by atoms with Crippen molar-refractivity contribution < 1.29 is 17.9 Å². The van der Waals surface area contributed by atoms with Crippen molar-refractivity contribution in [1.82, 2.24) is 13.9 Å². The molecule has 4 rings (SSSR count). The number of hydrogen-bond donors (Lipinski definition) is 0. The van der Waals surface area contributed by atoms with E-state index in [9.17, 15) is 13.2 Å². The van der Waals surface area contributed by atoms with Crippen LogP contribution in [0.1, 0.15) is 36.9 Å². The van der Waals surface area contributed by atoms with Gasteiger partial charge in [0.15, 0.2) is 0 Å². The number of aryl methyl sites for hydroxylation is 1. The van der Waals surface area contributed by atoms with Crippen LogP contribution in [0.2, 0.25) is 0 Å². The van der Waals surface area contributed by atoms with Crippen molar-refractivity contribution in [3.05, 3.63) is 52.5 Å². The van der Waals surface area contributed by atoms with Gasteiger partial charge in [-0.15, -0.1) is 11.3 Å². The molecule has 7 nitrogen and oxygen atoms in total. The van der Waals surface area contributed by atoms with Gasteiger partial charge in [0, 0.05) is 30.6 Å². The maximum absolute atomic E-state index is 13.0. The lowest BCUT2D eigenvalue weighted by Gasteiger charge is -2.25. The van der Waals surface area contributed by atoms with Crippen LogP contribution in [0.15, 0.2) is 46.7 Å². The van der Waals surface area contributed by atoms with Crippen LogP contribution >= 0.6 is 11.3 Å². The Morgan fingerprint density at radius 2 is 2.03 bits per heavy atom. The maximum Gasteiger partial charge on any atom is 0.331 e. The Hall–Kier alpha value is -2.49. The summed E-state index contributed by atoms with van der Waals surface area (Å²) in [4.78, 5) is 17.9. The molecule has 0 aliphatic carbocycles. The minimum absolute atomic E-state index is 0.0182. The van der Waals surface area contributed by atoms with Gasteiger partial charge in [-0.1, -0.05) is 12.5 Å². The first-order chi connectivity index (χ1) is 15.0. The van der Waals surface area contributed by atoms with Gasteiger partial charge >= 0.3 is 5.97 Å². The van der Waals surface area contributed by atoms with E-state index in [1.165, 1.54) is 17.4 Å². The van der Waals surface area contributed by atoms with Gasteiger partial charge in [-0.3, -0.25) is 0 Å². The number of fused-ring (bicyclic) bond motifs is 1. The molecule has 9 heteroatoms. The second-order valence-corrected chi connectivity index (χ2v) is 10.3. The molecule has 0 N–H and O–H groups in total. The summed E-state index contributed by atoms with van der Waals surface area (Å²) in [7, 11) is -3.53. The summed E-state index contributed by atoms with van der Waals surface area (Å²) >= 11 is 1.54. The van der Waals surface area contributed by atoms with Gasteiger partial charge in [-0.2, -0.15) is 4.31 Å². The zero-order valence-electron chi connectivity index (χ0n) is 17.4. The molecule has 0 amide bonds. The first-order valence-electron chi connectivity index (χ1n) is 10.4. The summed E-state index contributed by atoms with van der Waals surface area (Å²) in [6.07, 6.45) is 5.96. The summed E-state index contributed by atoms with van der Waals surface area (Å²) in [5.41, 5.74) is 1.40. The smallest absolute Gasteiger partial charge is 0.331 e. The number of imidazole rings is 1. The highest BCUT2D eigenvalue weighted by molar-refractivity contribution is 7.89. The predicted octanol–water partition coefficient (Wildman–Crippen LogP) is 4.05. The molecule has 1 saturated heterocycles. The largest absolute Gasteiger partial charge is 0.454 e. The Kier molecular flexibility index (Phi) is 6.54. The van der Waals surface area contributed by atoms with Gasteiger partial charge in [-0.05, 0) is 55.5 Å². The van der Waals surface area contributed by atoms with Gasteiger partial charge in [-0.25, -0.2) is 18.2 Å². The molecule has 0 saturated carbocycles. The van der Waals surface area contributed by atoms with Crippen molar-refractivity contribution in [2.45, 2.75) is 44.2 Å². The van der Waals surface area contributed by atoms with Crippen LogP contribution in [0.4, 0.5) is 0 Å². The zero-order valence-corrected chi connectivity index (χ0v) is 19.0. The average Bonchev–Trinajstić information content (AvgIpc) is 3.43. The van der Waals surface area contributed by atoms with Crippen LogP contribution in [-0.4, -0.2) is 41.3 Å². The fourth-order valence-electron chi connectivity index (χ4n) is 3.76. The molecule has 164 valence electrons. The van der Waals surface area contributed by atoms with Crippen LogP contribution in [-0.2, 0) is 32.7 Å². The average molecular weight is 460 g/mol. The van der Waals surface area contributed by atoms with Crippen LogP contribution in [0.25, 0.3) is 17.1 Å². The van der Waals surface area contributed by atoms with E-state index in [0.717, 1.165) is 29.7 Å². The number of carbonyl (C=O) groups excluding carboxylic acids is 1. The number of aromatic nitrogens is 2. The molecule has 2 aromatic heterocycles. The number of rotatable bonds is 7. The number of ether oxygens (including phenoxy) is 1. The second kappa shape index (κ2) is 9.33. The van der Waals surface area contributed by atoms with Gasteiger partial charge in [0.05, 0.1) is 15.9 Å². The lowest BCUT2D eigenvalue weighted by atomic mass is 10.2. The topological polar surface area (TPSA) is 81.5 Å². The van der Waals surface area contributed by atoms with E-state index in [4.69, 9.17) is 4.74 Å². The quantitative estimate of drug-likeness (QED) is 0.393. The van der Waals surface area contributed by atoms with Crippen LogP contribution in [0.3, 0.4) is 0 Å². The number of nitrogens with zero attached hydrogens (tertiary/aromatic N) is 3. The summed E-state index contributed by atoms with van der Waals surface area (Å²) in [6, 6.07) is 8.87. The Bertz CT molecular complexity index is 1190. The maximum atomic E-state index is 13.0. The molecule has 0 radical (unpaired) electrons. The summed E-state index contributed by atoms with van der Waals surface area (Å²) in [5, 5.41) is 1.94. The number of carbonyl (C=O) groups is 1. The molecule has 3 heterocycles.